The SMILES string of the molecule is N=C(N)c1cc(Br)ccc1OCCN1CCCC1. The Balaban J connectivity index is 1.93. The third-order valence-electron chi connectivity index (χ3n) is 3.10. The maximum absolute atomic E-state index is 7.54. The molecule has 0 unspecified atom stereocenters. The molecular formula is C13H18BrN3O. The van der Waals surface area contributed by atoms with Gasteiger partial charge in [-0.05, 0) is 44.1 Å². The van der Waals surface area contributed by atoms with Crippen molar-refractivity contribution in [2.75, 3.05) is 26.2 Å². The van der Waals surface area contributed by atoms with Gasteiger partial charge in [-0.15, -0.1) is 0 Å². The van der Waals surface area contributed by atoms with Gasteiger partial charge in [0.15, 0.2) is 0 Å². The summed E-state index contributed by atoms with van der Waals surface area (Å²) in [5.41, 5.74) is 6.19. The highest BCUT2D eigenvalue weighted by atomic mass is 79.9. The summed E-state index contributed by atoms with van der Waals surface area (Å²) in [6.45, 7) is 3.92. The third-order valence-corrected chi connectivity index (χ3v) is 3.59. The average Bonchev–Trinajstić information content (AvgIpc) is 2.84. The van der Waals surface area contributed by atoms with Gasteiger partial charge in [-0.1, -0.05) is 15.9 Å². The Morgan fingerprint density at radius 1 is 1.39 bits per heavy atom. The molecule has 4 nitrogen and oxygen atoms in total. The van der Waals surface area contributed by atoms with Crippen molar-refractivity contribution in [1.82, 2.24) is 4.90 Å². The molecule has 1 heterocycles. The van der Waals surface area contributed by atoms with Crippen LogP contribution in [0, 0.1) is 5.41 Å². The maximum atomic E-state index is 7.54. The number of nitrogens with zero attached hydrogens (tertiary/aromatic N) is 1. The van der Waals surface area contributed by atoms with Gasteiger partial charge in [0.05, 0.1) is 5.56 Å². The molecule has 0 aliphatic carbocycles. The lowest BCUT2D eigenvalue weighted by molar-refractivity contribution is 0.237. The number of nitrogen functional groups attached to an aromatic ring is 1. The van der Waals surface area contributed by atoms with E-state index in [2.05, 4.69) is 20.8 Å². The monoisotopic (exact) mass is 311 g/mol. The molecule has 2 rings (SSSR count). The number of rotatable bonds is 5. The first-order valence-corrected chi connectivity index (χ1v) is 6.95. The van der Waals surface area contributed by atoms with Crippen molar-refractivity contribution >= 4 is 21.8 Å². The Labute approximate surface area is 116 Å². The molecule has 98 valence electrons. The smallest absolute Gasteiger partial charge is 0.130 e. The first-order valence-electron chi connectivity index (χ1n) is 6.16. The van der Waals surface area contributed by atoms with Gasteiger partial charge < -0.3 is 10.5 Å². The molecule has 0 amide bonds. The van der Waals surface area contributed by atoms with E-state index in [1.807, 2.05) is 18.2 Å². The van der Waals surface area contributed by atoms with E-state index in [1.165, 1.54) is 25.9 Å². The van der Waals surface area contributed by atoms with E-state index in [1.54, 1.807) is 0 Å². The van der Waals surface area contributed by atoms with Gasteiger partial charge in [0.2, 0.25) is 0 Å². The Hall–Kier alpha value is -1.07. The van der Waals surface area contributed by atoms with Crippen LogP contribution in [0.2, 0.25) is 0 Å². The fourth-order valence-electron chi connectivity index (χ4n) is 2.13. The van der Waals surface area contributed by atoms with Crippen molar-refractivity contribution in [2.24, 2.45) is 5.73 Å². The second-order valence-corrected chi connectivity index (χ2v) is 5.37. The molecule has 1 saturated heterocycles. The number of halogens is 1. The van der Waals surface area contributed by atoms with Gasteiger partial charge in [0.25, 0.3) is 0 Å². The summed E-state index contributed by atoms with van der Waals surface area (Å²) in [7, 11) is 0. The first kappa shape index (κ1) is 13.4. The minimum absolute atomic E-state index is 0.0347. The van der Waals surface area contributed by atoms with Crippen LogP contribution in [0.4, 0.5) is 0 Å². The maximum Gasteiger partial charge on any atom is 0.130 e. The average molecular weight is 312 g/mol. The Bertz CT molecular complexity index is 430. The number of amidine groups is 1. The Morgan fingerprint density at radius 3 is 2.78 bits per heavy atom. The van der Waals surface area contributed by atoms with Gasteiger partial charge in [-0.25, -0.2) is 0 Å². The van der Waals surface area contributed by atoms with E-state index in [4.69, 9.17) is 15.9 Å². The number of benzene rings is 1. The van der Waals surface area contributed by atoms with E-state index >= 15 is 0 Å². The zero-order valence-electron chi connectivity index (χ0n) is 10.3. The van der Waals surface area contributed by atoms with Crippen LogP contribution in [0.3, 0.4) is 0 Å². The van der Waals surface area contributed by atoms with Crippen LogP contribution >= 0.6 is 15.9 Å². The largest absolute Gasteiger partial charge is 0.491 e. The second-order valence-electron chi connectivity index (χ2n) is 4.45. The fourth-order valence-corrected chi connectivity index (χ4v) is 2.49. The van der Waals surface area contributed by atoms with Gasteiger partial charge >= 0.3 is 0 Å². The number of hydrogen-bond acceptors (Lipinski definition) is 3. The molecule has 1 fully saturated rings. The minimum Gasteiger partial charge on any atom is -0.491 e. The predicted octanol–water partition coefficient (Wildman–Crippen LogP) is 2.21. The van der Waals surface area contributed by atoms with E-state index in [-0.39, 0.29) is 5.84 Å². The summed E-state index contributed by atoms with van der Waals surface area (Å²) in [4.78, 5) is 2.40. The molecule has 1 aromatic carbocycles. The van der Waals surface area contributed by atoms with Crippen molar-refractivity contribution in [3.63, 3.8) is 0 Å². The molecule has 1 aliphatic rings. The van der Waals surface area contributed by atoms with Crippen LogP contribution in [-0.4, -0.2) is 37.0 Å². The molecule has 18 heavy (non-hydrogen) atoms. The summed E-state index contributed by atoms with van der Waals surface area (Å²) < 4.78 is 6.63. The predicted molar refractivity (Wildman–Crippen MR) is 76.3 cm³/mol. The van der Waals surface area contributed by atoms with E-state index < -0.39 is 0 Å². The van der Waals surface area contributed by atoms with Crippen molar-refractivity contribution in [3.8, 4) is 5.75 Å². The zero-order chi connectivity index (χ0) is 13.0. The number of ether oxygens (including phenoxy) is 1. The molecule has 0 bridgehead atoms. The van der Waals surface area contributed by atoms with Gasteiger partial charge in [-0.2, -0.15) is 0 Å². The van der Waals surface area contributed by atoms with Crippen molar-refractivity contribution < 1.29 is 4.74 Å². The lowest BCUT2D eigenvalue weighted by Crippen LogP contribution is -2.25. The second kappa shape index (κ2) is 6.20. The molecule has 1 aromatic rings. The standard InChI is InChI=1S/C13H18BrN3O/c14-10-3-4-12(11(9-10)13(15)16)18-8-7-17-5-1-2-6-17/h3-4,9H,1-2,5-8H2,(H3,15,16). The van der Waals surface area contributed by atoms with Gasteiger partial charge in [0.1, 0.15) is 18.2 Å². The molecule has 1 aliphatic heterocycles. The summed E-state index contributed by atoms with van der Waals surface area (Å²) in [5, 5.41) is 7.54. The summed E-state index contributed by atoms with van der Waals surface area (Å²) in [5.74, 6) is 0.720. The van der Waals surface area contributed by atoms with Crippen molar-refractivity contribution in [3.05, 3.63) is 28.2 Å². The third kappa shape index (κ3) is 3.46. The van der Waals surface area contributed by atoms with Crippen LogP contribution in [0.5, 0.6) is 5.75 Å². The van der Waals surface area contributed by atoms with Gasteiger partial charge in [0, 0.05) is 11.0 Å². The summed E-state index contributed by atoms with van der Waals surface area (Å²) in [6, 6.07) is 5.57. The van der Waals surface area contributed by atoms with E-state index in [0.29, 0.717) is 17.9 Å². The molecule has 0 radical (unpaired) electrons. The molecule has 0 atom stereocenters. The quantitative estimate of drug-likeness (QED) is 0.647. The molecular weight excluding hydrogens is 294 g/mol. The van der Waals surface area contributed by atoms with Crippen molar-refractivity contribution in [1.29, 1.82) is 5.41 Å². The lowest BCUT2D eigenvalue weighted by Gasteiger charge is -2.16. The van der Waals surface area contributed by atoms with Crippen LogP contribution < -0.4 is 10.5 Å². The van der Waals surface area contributed by atoms with Crippen LogP contribution in [0.1, 0.15) is 18.4 Å². The normalized spacial score (nSPS) is 15.8. The highest BCUT2D eigenvalue weighted by molar-refractivity contribution is 9.10. The Morgan fingerprint density at radius 2 is 2.11 bits per heavy atom. The summed E-state index contributed by atoms with van der Waals surface area (Å²) in [6.07, 6.45) is 2.58. The van der Waals surface area contributed by atoms with Crippen molar-refractivity contribution in [2.45, 2.75) is 12.8 Å². The molecule has 0 saturated carbocycles. The topological polar surface area (TPSA) is 62.3 Å². The lowest BCUT2D eigenvalue weighted by atomic mass is 10.2. The molecule has 3 N–H and O–H groups in total. The highest BCUT2D eigenvalue weighted by Gasteiger charge is 2.12. The number of hydrogen-bond donors (Lipinski definition) is 2. The summed E-state index contributed by atoms with van der Waals surface area (Å²) >= 11 is 3.37. The minimum atomic E-state index is 0.0347. The van der Waals surface area contributed by atoms with Crippen LogP contribution in [0.15, 0.2) is 22.7 Å². The number of nitrogens with two attached hydrogens (primary N) is 1. The van der Waals surface area contributed by atoms with Gasteiger partial charge in [-0.3, -0.25) is 10.3 Å². The Kier molecular flexibility index (Phi) is 4.60. The molecule has 5 heteroatoms. The van der Waals surface area contributed by atoms with E-state index in [9.17, 15) is 0 Å². The highest BCUT2D eigenvalue weighted by Crippen LogP contribution is 2.22. The molecule has 0 aromatic heterocycles. The van der Waals surface area contributed by atoms with Crippen LogP contribution in [0.25, 0.3) is 0 Å². The zero-order valence-corrected chi connectivity index (χ0v) is 11.9. The van der Waals surface area contributed by atoms with Crippen LogP contribution in [-0.2, 0) is 0 Å². The number of nitrogens with one attached hydrogen (secondary N) is 1. The molecule has 0 spiro atoms. The van der Waals surface area contributed by atoms with E-state index in [0.717, 1.165) is 11.0 Å². The fraction of sp³-hybridized carbons (Fsp3) is 0.462. The number of likely N-dealkylation sites (tertiary alicyclic amines) is 1. The first-order chi connectivity index (χ1) is 8.66.